The Morgan fingerprint density at radius 3 is 2.45 bits per heavy atom. The van der Waals surface area contributed by atoms with Gasteiger partial charge < -0.3 is 10.6 Å². The predicted octanol–water partition coefficient (Wildman–Crippen LogP) is 5.34. The second-order valence-corrected chi connectivity index (χ2v) is 10.6. The van der Waals surface area contributed by atoms with Crippen LogP contribution in [0.4, 0.5) is 5.69 Å². The van der Waals surface area contributed by atoms with Crippen molar-refractivity contribution in [1.29, 1.82) is 0 Å². The van der Waals surface area contributed by atoms with Crippen LogP contribution in [0.2, 0.25) is 10.0 Å². The first-order chi connectivity index (χ1) is 15.9. The highest BCUT2D eigenvalue weighted by Crippen LogP contribution is 2.43. The molecule has 1 unspecified atom stereocenters. The maximum absolute atomic E-state index is 13.7. The molecule has 0 saturated heterocycles. The third-order valence-corrected chi connectivity index (χ3v) is 7.94. The molecule has 174 valence electrons. The third kappa shape index (κ3) is 4.27. The van der Waals surface area contributed by atoms with E-state index in [4.69, 9.17) is 23.2 Å². The van der Waals surface area contributed by atoms with E-state index in [2.05, 4.69) is 16.0 Å². The lowest BCUT2D eigenvalue weighted by molar-refractivity contribution is -0.133. The summed E-state index contributed by atoms with van der Waals surface area (Å²) in [6.07, 6.45) is 8.00. The standard InChI is InChI=1S/C26H29Cl2N3O2/c27-18-7-4-6-17(14-18)16-26(21-11-10-19(28)15-22(21)30-24(26)33)31-25(12-2-1-3-13-25)23(32)29-20-8-5-9-20/h4,6-7,10-11,14-15,20,31H,1-3,5,8-9,12-13,16H2,(H,29,32)(H,30,33). The monoisotopic (exact) mass is 485 g/mol. The van der Waals surface area contributed by atoms with E-state index < -0.39 is 11.1 Å². The van der Waals surface area contributed by atoms with Crippen molar-refractivity contribution in [3.05, 3.63) is 63.6 Å². The molecule has 5 rings (SSSR count). The summed E-state index contributed by atoms with van der Waals surface area (Å²) in [5, 5.41) is 11.1. The zero-order valence-electron chi connectivity index (χ0n) is 18.6. The highest BCUT2D eigenvalue weighted by Gasteiger charge is 2.54. The van der Waals surface area contributed by atoms with Crippen LogP contribution in [0.1, 0.15) is 62.5 Å². The summed E-state index contributed by atoms with van der Waals surface area (Å²) < 4.78 is 0. The van der Waals surface area contributed by atoms with Crippen molar-refractivity contribution in [2.45, 2.75) is 74.9 Å². The number of halogens is 2. The Labute approximate surface area is 204 Å². The predicted molar refractivity (Wildman–Crippen MR) is 132 cm³/mol. The van der Waals surface area contributed by atoms with Crippen LogP contribution in [0.5, 0.6) is 0 Å². The largest absolute Gasteiger partial charge is 0.352 e. The molecular formula is C26H29Cl2N3O2. The molecule has 2 aromatic rings. The van der Waals surface area contributed by atoms with Gasteiger partial charge in [0.1, 0.15) is 5.54 Å². The molecule has 3 aliphatic rings. The zero-order valence-corrected chi connectivity index (χ0v) is 20.1. The molecule has 3 N–H and O–H groups in total. The molecule has 0 aromatic heterocycles. The maximum Gasteiger partial charge on any atom is 0.249 e. The van der Waals surface area contributed by atoms with E-state index in [0.29, 0.717) is 35.0 Å². The lowest BCUT2D eigenvalue weighted by Crippen LogP contribution is -2.67. The van der Waals surface area contributed by atoms with Crippen molar-refractivity contribution in [2.24, 2.45) is 0 Å². The number of hydrogen-bond acceptors (Lipinski definition) is 3. The second kappa shape index (κ2) is 8.94. The lowest BCUT2D eigenvalue weighted by Gasteiger charge is -2.45. The van der Waals surface area contributed by atoms with Gasteiger partial charge in [0.15, 0.2) is 0 Å². The van der Waals surface area contributed by atoms with Crippen molar-refractivity contribution in [3.63, 3.8) is 0 Å². The third-order valence-electron chi connectivity index (χ3n) is 7.47. The number of carbonyl (C=O) groups excluding carboxylic acids is 2. The van der Waals surface area contributed by atoms with Crippen LogP contribution in [0.15, 0.2) is 42.5 Å². The topological polar surface area (TPSA) is 70.2 Å². The second-order valence-electron chi connectivity index (χ2n) is 9.73. The fraction of sp³-hybridized carbons (Fsp3) is 0.462. The number of carbonyl (C=O) groups is 2. The van der Waals surface area contributed by atoms with Crippen molar-refractivity contribution >= 4 is 40.7 Å². The van der Waals surface area contributed by atoms with E-state index >= 15 is 0 Å². The van der Waals surface area contributed by atoms with Gasteiger partial charge in [0, 0.05) is 33.8 Å². The number of hydrogen-bond donors (Lipinski definition) is 3. The molecule has 2 fully saturated rings. The fourth-order valence-electron chi connectivity index (χ4n) is 5.49. The Morgan fingerprint density at radius 2 is 1.76 bits per heavy atom. The minimum atomic E-state index is -1.10. The minimum Gasteiger partial charge on any atom is -0.352 e. The highest BCUT2D eigenvalue weighted by atomic mass is 35.5. The van der Waals surface area contributed by atoms with Gasteiger partial charge in [-0.05, 0) is 61.9 Å². The zero-order chi connectivity index (χ0) is 23.1. The van der Waals surface area contributed by atoms with Crippen LogP contribution in [-0.4, -0.2) is 23.4 Å². The van der Waals surface area contributed by atoms with Crippen molar-refractivity contribution < 1.29 is 9.59 Å². The Balaban J connectivity index is 1.58. The van der Waals surface area contributed by atoms with Crippen molar-refractivity contribution in [2.75, 3.05) is 5.32 Å². The van der Waals surface area contributed by atoms with Crippen LogP contribution in [0, 0.1) is 0 Å². The quantitative estimate of drug-likeness (QED) is 0.516. The molecular weight excluding hydrogens is 457 g/mol. The molecule has 0 radical (unpaired) electrons. The molecule has 5 nitrogen and oxygen atoms in total. The molecule has 1 heterocycles. The smallest absolute Gasteiger partial charge is 0.249 e. The van der Waals surface area contributed by atoms with Gasteiger partial charge in [-0.15, -0.1) is 0 Å². The van der Waals surface area contributed by atoms with Gasteiger partial charge in [0.2, 0.25) is 11.8 Å². The summed E-state index contributed by atoms with van der Waals surface area (Å²) in [5.41, 5.74) is 0.535. The van der Waals surface area contributed by atoms with Crippen LogP contribution in [0.25, 0.3) is 0 Å². The molecule has 2 amide bonds. The van der Waals surface area contributed by atoms with Crippen LogP contribution in [0.3, 0.4) is 0 Å². The summed E-state index contributed by atoms with van der Waals surface area (Å²) in [4.78, 5) is 27.4. The van der Waals surface area contributed by atoms with E-state index in [9.17, 15) is 9.59 Å². The van der Waals surface area contributed by atoms with Crippen LogP contribution >= 0.6 is 23.2 Å². The number of benzene rings is 2. The fourth-order valence-corrected chi connectivity index (χ4v) is 5.87. The van der Waals surface area contributed by atoms with E-state index in [1.807, 2.05) is 30.3 Å². The highest BCUT2D eigenvalue weighted by molar-refractivity contribution is 6.31. The molecule has 33 heavy (non-hydrogen) atoms. The van der Waals surface area contributed by atoms with E-state index in [1.165, 1.54) is 0 Å². The Bertz CT molecular complexity index is 1080. The Hall–Kier alpha value is -2.08. The molecule has 0 bridgehead atoms. The molecule has 7 heteroatoms. The van der Waals surface area contributed by atoms with Gasteiger partial charge in [-0.3, -0.25) is 14.9 Å². The van der Waals surface area contributed by atoms with Gasteiger partial charge in [0.25, 0.3) is 0 Å². The molecule has 1 aliphatic heterocycles. The summed E-state index contributed by atoms with van der Waals surface area (Å²) in [6.45, 7) is 0. The Kier molecular flexibility index (Phi) is 6.15. The van der Waals surface area contributed by atoms with Crippen LogP contribution in [-0.2, 0) is 21.5 Å². The van der Waals surface area contributed by atoms with E-state index in [-0.39, 0.29) is 17.9 Å². The summed E-state index contributed by atoms with van der Waals surface area (Å²) >= 11 is 12.5. The van der Waals surface area contributed by atoms with Crippen molar-refractivity contribution in [1.82, 2.24) is 10.6 Å². The molecule has 1 atom stereocenters. The van der Waals surface area contributed by atoms with Crippen LogP contribution < -0.4 is 16.0 Å². The van der Waals surface area contributed by atoms with E-state index in [0.717, 1.165) is 49.7 Å². The minimum absolute atomic E-state index is 0.0209. The van der Waals surface area contributed by atoms with Crippen molar-refractivity contribution in [3.8, 4) is 0 Å². The summed E-state index contributed by atoms with van der Waals surface area (Å²) in [5.74, 6) is -0.145. The maximum atomic E-state index is 13.7. The first-order valence-electron chi connectivity index (χ1n) is 11.9. The van der Waals surface area contributed by atoms with Gasteiger partial charge >= 0.3 is 0 Å². The number of amides is 2. The Morgan fingerprint density at radius 1 is 1.00 bits per heavy atom. The van der Waals surface area contributed by atoms with Gasteiger partial charge in [-0.25, -0.2) is 0 Å². The first kappa shape index (κ1) is 22.7. The number of nitrogens with one attached hydrogen (secondary N) is 3. The van der Waals surface area contributed by atoms with Gasteiger partial charge in [-0.1, -0.05) is 60.7 Å². The first-order valence-corrected chi connectivity index (χ1v) is 12.6. The SMILES string of the molecule is O=C(NC1CCC1)C1(NC2(Cc3cccc(Cl)c3)C(=O)Nc3cc(Cl)ccc32)CCCCC1. The molecule has 2 aliphatic carbocycles. The number of anilines is 1. The molecule has 2 saturated carbocycles. The lowest BCUT2D eigenvalue weighted by atomic mass is 9.75. The molecule has 0 spiro atoms. The number of fused-ring (bicyclic) bond motifs is 1. The normalized spacial score (nSPS) is 24.0. The summed E-state index contributed by atoms with van der Waals surface area (Å²) in [6, 6.07) is 13.3. The van der Waals surface area contributed by atoms with Gasteiger partial charge in [0.05, 0.1) is 5.54 Å². The average Bonchev–Trinajstić information content (AvgIpc) is 3.01. The van der Waals surface area contributed by atoms with Gasteiger partial charge in [-0.2, -0.15) is 0 Å². The average molecular weight is 486 g/mol. The summed E-state index contributed by atoms with van der Waals surface area (Å²) in [7, 11) is 0. The molecule has 2 aromatic carbocycles. The van der Waals surface area contributed by atoms with E-state index in [1.54, 1.807) is 12.1 Å². The number of rotatable bonds is 6.